The molecule has 1 atom stereocenters. The van der Waals surface area contributed by atoms with Crippen LogP contribution >= 0.6 is 11.6 Å². The fraction of sp³-hybridized carbons (Fsp3) is 0.250. The van der Waals surface area contributed by atoms with Gasteiger partial charge < -0.3 is 10.1 Å². The van der Waals surface area contributed by atoms with E-state index < -0.39 is 0 Å². The summed E-state index contributed by atoms with van der Waals surface area (Å²) < 4.78 is 5.51. The first-order valence-electron chi connectivity index (χ1n) is 6.50. The summed E-state index contributed by atoms with van der Waals surface area (Å²) in [4.78, 5) is 0. The highest BCUT2D eigenvalue weighted by Gasteiger charge is 2.13. The molecule has 1 aliphatic heterocycles. The minimum Gasteiger partial charge on any atom is -0.493 e. The van der Waals surface area contributed by atoms with Gasteiger partial charge in [0.15, 0.2) is 0 Å². The van der Waals surface area contributed by atoms with Crippen molar-refractivity contribution >= 4 is 17.3 Å². The third kappa shape index (κ3) is 2.69. The number of benzene rings is 2. The molecule has 3 rings (SSSR count). The second-order valence-electron chi connectivity index (χ2n) is 4.84. The van der Waals surface area contributed by atoms with Crippen LogP contribution in [0.1, 0.15) is 24.1 Å². The number of hydrogen-bond acceptors (Lipinski definition) is 2. The van der Waals surface area contributed by atoms with E-state index in [1.165, 1.54) is 11.1 Å². The number of anilines is 1. The lowest BCUT2D eigenvalue weighted by molar-refractivity contribution is 0.357. The lowest BCUT2D eigenvalue weighted by Crippen LogP contribution is -2.06. The largest absolute Gasteiger partial charge is 0.493 e. The number of fused-ring (bicyclic) bond motifs is 1. The van der Waals surface area contributed by atoms with E-state index in [-0.39, 0.29) is 6.04 Å². The molecule has 0 radical (unpaired) electrons. The van der Waals surface area contributed by atoms with Crippen molar-refractivity contribution in [3.8, 4) is 5.75 Å². The van der Waals surface area contributed by atoms with Crippen molar-refractivity contribution in [2.45, 2.75) is 19.4 Å². The fourth-order valence-electron chi connectivity index (χ4n) is 2.36. The van der Waals surface area contributed by atoms with E-state index in [9.17, 15) is 0 Å². The maximum Gasteiger partial charge on any atom is 0.122 e. The summed E-state index contributed by atoms with van der Waals surface area (Å²) in [6.07, 6.45) is 1.00. The zero-order valence-corrected chi connectivity index (χ0v) is 11.6. The molecule has 19 heavy (non-hydrogen) atoms. The predicted octanol–water partition coefficient (Wildman–Crippen LogP) is 4.45. The molecular formula is C16H16ClNO. The second kappa shape index (κ2) is 5.14. The van der Waals surface area contributed by atoms with Gasteiger partial charge in [-0.2, -0.15) is 0 Å². The van der Waals surface area contributed by atoms with Gasteiger partial charge in [0.1, 0.15) is 5.75 Å². The Labute approximate surface area is 118 Å². The number of rotatable bonds is 3. The van der Waals surface area contributed by atoms with Crippen LogP contribution in [-0.2, 0) is 6.42 Å². The molecule has 0 fully saturated rings. The summed E-state index contributed by atoms with van der Waals surface area (Å²) in [7, 11) is 0. The molecule has 1 aliphatic rings. The summed E-state index contributed by atoms with van der Waals surface area (Å²) >= 11 is 5.91. The Morgan fingerprint density at radius 2 is 1.95 bits per heavy atom. The first kappa shape index (κ1) is 12.4. The van der Waals surface area contributed by atoms with Gasteiger partial charge in [0, 0.05) is 23.2 Å². The van der Waals surface area contributed by atoms with Gasteiger partial charge in [-0.15, -0.1) is 0 Å². The highest BCUT2D eigenvalue weighted by Crippen LogP contribution is 2.29. The number of halogens is 1. The van der Waals surface area contributed by atoms with E-state index >= 15 is 0 Å². The molecule has 0 aromatic heterocycles. The Morgan fingerprint density at radius 3 is 2.74 bits per heavy atom. The van der Waals surface area contributed by atoms with Crippen molar-refractivity contribution < 1.29 is 4.74 Å². The molecule has 2 aromatic carbocycles. The molecule has 1 unspecified atom stereocenters. The normalized spacial score (nSPS) is 14.6. The lowest BCUT2D eigenvalue weighted by Gasteiger charge is -2.16. The molecule has 0 spiro atoms. The molecule has 0 bridgehead atoms. The Kier molecular flexibility index (Phi) is 3.34. The van der Waals surface area contributed by atoms with Crippen molar-refractivity contribution in [3.63, 3.8) is 0 Å². The van der Waals surface area contributed by atoms with Gasteiger partial charge in [0.2, 0.25) is 0 Å². The molecular weight excluding hydrogens is 258 g/mol. The van der Waals surface area contributed by atoms with Gasteiger partial charge in [-0.25, -0.2) is 0 Å². The Balaban J connectivity index is 1.75. The predicted molar refractivity (Wildman–Crippen MR) is 79.1 cm³/mol. The van der Waals surface area contributed by atoms with Crippen LogP contribution in [0, 0.1) is 0 Å². The molecule has 1 N–H and O–H groups in total. The van der Waals surface area contributed by atoms with Crippen LogP contribution in [0.15, 0.2) is 42.5 Å². The average Bonchev–Trinajstić information content (AvgIpc) is 2.87. The van der Waals surface area contributed by atoms with Crippen LogP contribution in [0.2, 0.25) is 5.02 Å². The molecule has 0 saturated heterocycles. The highest BCUT2D eigenvalue weighted by molar-refractivity contribution is 6.30. The standard InChI is InChI=1S/C16H16ClNO/c1-11(12-2-4-14(17)5-3-12)18-15-6-7-16-13(10-15)8-9-19-16/h2-7,10-11,18H,8-9H2,1H3. The van der Waals surface area contributed by atoms with Crippen molar-refractivity contribution in [3.05, 3.63) is 58.6 Å². The van der Waals surface area contributed by atoms with E-state index in [4.69, 9.17) is 16.3 Å². The molecule has 98 valence electrons. The quantitative estimate of drug-likeness (QED) is 0.892. The van der Waals surface area contributed by atoms with Crippen LogP contribution in [0.4, 0.5) is 5.69 Å². The lowest BCUT2D eigenvalue weighted by atomic mass is 10.1. The molecule has 2 nitrogen and oxygen atoms in total. The monoisotopic (exact) mass is 273 g/mol. The highest BCUT2D eigenvalue weighted by atomic mass is 35.5. The number of ether oxygens (including phenoxy) is 1. The Morgan fingerprint density at radius 1 is 1.16 bits per heavy atom. The molecule has 0 aliphatic carbocycles. The smallest absolute Gasteiger partial charge is 0.122 e. The SMILES string of the molecule is CC(Nc1ccc2c(c1)CCO2)c1ccc(Cl)cc1. The maximum absolute atomic E-state index is 5.91. The fourth-order valence-corrected chi connectivity index (χ4v) is 2.49. The summed E-state index contributed by atoms with van der Waals surface area (Å²) in [5, 5.41) is 4.28. The third-order valence-corrected chi connectivity index (χ3v) is 3.69. The number of nitrogens with one attached hydrogen (secondary N) is 1. The van der Waals surface area contributed by atoms with Crippen molar-refractivity contribution in [1.82, 2.24) is 0 Å². The second-order valence-corrected chi connectivity index (χ2v) is 5.27. The van der Waals surface area contributed by atoms with Gasteiger partial charge in [-0.1, -0.05) is 23.7 Å². The van der Waals surface area contributed by atoms with E-state index in [1.54, 1.807) is 0 Å². The van der Waals surface area contributed by atoms with Gasteiger partial charge in [-0.3, -0.25) is 0 Å². The van der Waals surface area contributed by atoms with Crippen LogP contribution in [0.25, 0.3) is 0 Å². The van der Waals surface area contributed by atoms with Gasteiger partial charge in [0.05, 0.1) is 6.61 Å². The summed E-state index contributed by atoms with van der Waals surface area (Å²) in [5.74, 6) is 1.02. The van der Waals surface area contributed by atoms with Crippen LogP contribution < -0.4 is 10.1 Å². The van der Waals surface area contributed by atoms with E-state index in [0.717, 1.165) is 29.5 Å². The summed E-state index contributed by atoms with van der Waals surface area (Å²) in [6, 6.07) is 14.5. The van der Waals surface area contributed by atoms with Crippen LogP contribution in [-0.4, -0.2) is 6.61 Å². The van der Waals surface area contributed by atoms with Crippen LogP contribution in [0.3, 0.4) is 0 Å². The van der Waals surface area contributed by atoms with Crippen molar-refractivity contribution in [1.29, 1.82) is 0 Å². The minimum absolute atomic E-state index is 0.248. The average molecular weight is 274 g/mol. The zero-order chi connectivity index (χ0) is 13.2. The Bertz CT molecular complexity index is 580. The minimum atomic E-state index is 0.248. The van der Waals surface area contributed by atoms with Crippen molar-refractivity contribution in [2.24, 2.45) is 0 Å². The van der Waals surface area contributed by atoms with Gasteiger partial charge in [0.25, 0.3) is 0 Å². The molecule has 2 aromatic rings. The third-order valence-electron chi connectivity index (χ3n) is 3.44. The van der Waals surface area contributed by atoms with E-state index in [0.29, 0.717) is 0 Å². The summed E-state index contributed by atoms with van der Waals surface area (Å²) in [5.41, 5.74) is 3.64. The van der Waals surface area contributed by atoms with Crippen molar-refractivity contribution in [2.75, 3.05) is 11.9 Å². The number of hydrogen-bond donors (Lipinski definition) is 1. The van der Waals surface area contributed by atoms with E-state index in [1.807, 2.05) is 18.2 Å². The van der Waals surface area contributed by atoms with Crippen LogP contribution in [0.5, 0.6) is 5.75 Å². The molecule has 0 saturated carbocycles. The first-order chi connectivity index (χ1) is 9.22. The summed E-state index contributed by atoms with van der Waals surface area (Å²) in [6.45, 7) is 2.94. The molecule has 3 heteroatoms. The first-order valence-corrected chi connectivity index (χ1v) is 6.88. The van der Waals surface area contributed by atoms with E-state index in [2.05, 4.69) is 36.5 Å². The van der Waals surface area contributed by atoms with Gasteiger partial charge in [-0.05, 0) is 48.4 Å². The zero-order valence-electron chi connectivity index (χ0n) is 10.8. The molecule has 0 amide bonds. The van der Waals surface area contributed by atoms with Gasteiger partial charge >= 0.3 is 0 Å². The Hall–Kier alpha value is -1.67. The molecule has 1 heterocycles. The maximum atomic E-state index is 5.91. The topological polar surface area (TPSA) is 21.3 Å².